The molecule has 1 aliphatic carbocycles. The first-order valence-electron chi connectivity index (χ1n) is 4.11. The number of rotatable bonds is 1. The van der Waals surface area contributed by atoms with Gasteiger partial charge in [0, 0.05) is 0 Å². The quantitative estimate of drug-likeness (QED) is 0.677. The molecule has 0 amide bonds. The van der Waals surface area contributed by atoms with Crippen molar-refractivity contribution in [2.24, 2.45) is 0 Å². The second-order valence-corrected chi connectivity index (χ2v) is 3.49. The molecular formula is C10H11FO. The Morgan fingerprint density at radius 2 is 2.08 bits per heavy atom. The highest BCUT2D eigenvalue weighted by atomic mass is 19.1. The molecule has 1 N–H and O–H groups in total. The summed E-state index contributed by atoms with van der Waals surface area (Å²) in [6.07, 6.45) is 1.61. The second-order valence-electron chi connectivity index (χ2n) is 3.49. The fourth-order valence-electron chi connectivity index (χ4n) is 1.54. The molecule has 0 aromatic heterocycles. The third kappa shape index (κ3) is 1.12. The normalized spacial score (nSPS) is 19.2. The van der Waals surface area contributed by atoms with Crippen LogP contribution in [-0.4, -0.2) is 5.11 Å². The molecule has 1 aliphatic rings. The average molecular weight is 166 g/mol. The number of benzene rings is 1. The molecule has 1 aromatic carbocycles. The van der Waals surface area contributed by atoms with Gasteiger partial charge in [0.2, 0.25) is 0 Å². The first-order chi connectivity index (χ1) is 5.62. The first kappa shape index (κ1) is 7.74. The molecule has 1 saturated carbocycles. The summed E-state index contributed by atoms with van der Waals surface area (Å²) in [6, 6.07) is 4.54. The van der Waals surface area contributed by atoms with Gasteiger partial charge in [-0.15, -0.1) is 0 Å². The molecule has 2 rings (SSSR count). The van der Waals surface area contributed by atoms with Crippen molar-refractivity contribution in [3.8, 4) is 0 Å². The Morgan fingerprint density at radius 3 is 2.58 bits per heavy atom. The molecular weight excluding hydrogens is 155 g/mol. The molecule has 0 aliphatic heterocycles. The molecule has 0 unspecified atom stereocenters. The van der Waals surface area contributed by atoms with Crippen LogP contribution in [0.15, 0.2) is 18.2 Å². The summed E-state index contributed by atoms with van der Waals surface area (Å²) in [5.41, 5.74) is 1.08. The van der Waals surface area contributed by atoms with Crippen molar-refractivity contribution < 1.29 is 9.50 Å². The highest BCUT2D eigenvalue weighted by molar-refractivity contribution is 5.35. The van der Waals surface area contributed by atoms with E-state index in [0.29, 0.717) is 0 Å². The summed E-state index contributed by atoms with van der Waals surface area (Å²) in [6.45, 7) is 1.83. The molecule has 0 radical (unpaired) electrons. The Balaban J connectivity index is 2.45. The van der Waals surface area contributed by atoms with Gasteiger partial charge < -0.3 is 5.11 Å². The van der Waals surface area contributed by atoms with Gasteiger partial charge in [-0.2, -0.15) is 0 Å². The lowest BCUT2D eigenvalue weighted by molar-refractivity contribution is 0.150. The lowest BCUT2D eigenvalue weighted by Crippen LogP contribution is -2.06. The van der Waals surface area contributed by atoms with E-state index >= 15 is 0 Å². The average Bonchev–Trinajstić information content (AvgIpc) is 2.68. The van der Waals surface area contributed by atoms with Crippen molar-refractivity contribution in [3.63, 3.8) is 0 Å². The van der Waals surface area contributed by atoms with E-state index in [-0.39, 0.29) is 5.82 Å². The van der Waals surface area contributed by atoms with Crippen molar-refractivity contribution in [2.75, 3.05) is 0 Å². The zero-order chi connectivity index (χ0) is 8.77. The number of hydrogen-bond acceptors (Lipinski definition) is 1. The van der Waals surface area contributed by atoms with Crippen LogP contribution in [-0.2, 0) is 5.60 Å². The van der Waals surface area contributed by atoms with Gasteiger partial charge in [-0.05, 0) is 43.0 Å². The smallest absolute Gasteiger partial charge is 0.123 e. The van der Waals surface area contributed by atoms with E-state index in [9.17, 15) is 9.50 Å². The van der Waals surface area contributed by atoms with E-state index in [4.69, 9.17) is 0 Å². The molecule has 0 atom stereocenters. The molecule has 1 aromatic rings. The number of halogens is 1. The molecule has 1 fully saturated rings. The summed E-state index contributed by atoms with van der Waals surface area (Å²) in [7, 11) is 0. The van der Waals surface area contributed by atoms with Crippen LogP contribution in [0.2, 0.25) is 0 Å². The molecule has 0 heterocycles. The standard InChI is InChI=1S/C10H11FO/c1-7-6-8(11)2-3-9(7)10(12)4-5-10/h2-3,6,12H,4-5H2,1H3. The van der Waals surface area contributed by atoms with Crippen molar-refractivity contribution in [1.29, 1.82) is 0 Å². The Hall–Kier alpha value is -0.890. The molecule has 1 nitrogen and oxygen atoms in total. The van der Waals surface area contributed by atoms with Gasteiger partial charge >= 0.3 is 0 Å². The fourth-order valence-corrected chi connectivity index (χ4v) is 1.54. The largest absolute Gasteiger partial charge is 0.385 e. The molecule has 64 valence electrons. The lowest BCUT2D eigenvalue weighted by atomic mass is 10.0. The third-order valence-corrected chi connectivity index (χ3v) is 2.41. The van der Waals surface area contributed by atoms with Crippen LogP contribution in [0.1, 0.15) is 24.0 Å². The fraction of sp³-hybridized carbons (Fsp3) is 0.400. The SMILES string of the molecule is Cc1cc(F)ccc1C1(O)CC1. The van der Waals surface area contributed by atoms with E-state index in [1.54, 1.807) is 6.07 Å². The second kappa shape index (κ2) is 2.30. The van der Waals surface area contributed by atoms with E-state index < -0.39 is 5.60 Å². The van der Waals surface area contributed by atoms with Gasteiger partial charge in [0.25, 0.3) is 0 Å². The minimum atomic E-state index is -0.641. The highest BCUT2D eigenvalue weighted by Gasteiger charge is 2.42. The number of aryl methyl sites for hydroxylation is 1. The third-order valence-electron chi connectivity index (χ3n) is 2.41. The predicted molar refractivity (Wildman–Crippen MR) is 44.3 cm³/mol. The van der Waals surface area contributed by atoms with Gasteiger partial charge in [-0.1, -0.05) is 6.07 Å². The Labute approximate surface area is 70.8 Å². The zero-order valence-corrected chi connectivity index (χ0v) is 6.97. The van der Waals surface area contributed by atoms with E-state index in [0.717, 1.165) is 24.0 Å². The maximum absolute atomic E-state index is 12.7. The summed E-state index contributed by atoms with van der Waals surface area (Å²) >= 11 is 0. The maximum atomic E-state index is 12.7. The minimum Gasteiger partial charge on any atom is -0.385 e. The summed E-state index contributed by atoms with van der Waals surface area (Å²) in [5, 5.41) is 9.75. The van der Waals surface area contributed by atoms with Crippen molar-refractivity contribution in [1.82, 2.24) is 0 Å². The molecule has 0 spiro atoms. The summed E-state index contributed by atoms with van der Waals surface area (Å²) in [4.78, 5) is 0. The highest BCUT2D eigenvalue weighted by Crippen LogP contribution is 2.46. The molecule has 0 bridgehead atoms. The van der Waals surface area contributed by atoms with Gasteiger partial charge in [0.1, 0.15) is 5.82 Å². The van der Waals surface area contributed by atoms with Gasteiger partial charge in [0.15, 0.2) is 0 Å². The zero-order valence-electron chi connectivity index (χ0n) is 6.97. The molecule has 12 heavy (non-hydrogen) atoms. The molecule has 2 heteroatoms. The molecule has 0 saturated heterocycles. The van der Waals surface area contributed by atoms with Crippen LogP contribution in [0, 0.1) is 12.7 Å². The predicted octanol–water partition coefficient (Wildman–Crippen LogP) is 2.12. The van der Waals surface area contributed by atoms with Gasteiger partial charge in [-0.25, -0.2) is 4.39 Å². The Morgan fingerprint density at radius 1 is 1.42 bits per heavy atom. The van der Waals surface area contributed by atoms with Crippen LogP contribution >= 0.6 is 0 Å². The maximum Gasteiger partial charge on any atom is 0.123 e. The Bertz CT molecular complexity index is 316. The topological polar surface area (TPSA) is 20.2 Å². The number of aliphatic hydroxyl groups is 1. The van der Waals surface area contributed by atoms with Crippen LogP contribution in [0.25, 0.3) is 0 Å². The summed E-state index contributed by atoms with van der Waals surface area (Å²) < 4.78 is 12.7. The van der Waals surface area contributed by atoms with Gasteiger partial charge in [0.05, 0.1) is 5.60 Å². The lowest BCUT2D eigenvalue weighted by Gasteiger charge is -2.10. The van der Waals surface area contributed by atoms with E-state index in [2.05, 4.69) is 0 Å². The minimum absolute atomic E-state index is 0.236. The first-order valence-corrected chi connectivity index (χ1v) is 4.11. The monoisotopic (exact) mass is 166 g/mol. The van der Waals surface area contributed by atoms with Crippen LogP contribution in [0.5, 0.6) is 0 Å². The van der Waals surface area contributed by atoms with Gasteiger partial charge in [-0.3, -0.25) is 0 Å². The van der Waals surface area contributed by atoms with Crippen molar-refractivity contribution in [2.45, 2.75) is 25.4 Å². The van der Waals surface area contributed by atoms with Crippen molar-refractivity contribution >= 4 is 0 Å². The van der Waals surface area contributed by atoms with Crippen LogP contribution in [0.3, 0.4) is 0 Å². The Kier molecular flexibility index (Phi) is 1.48. The van der Waals surface area contributed by atoms with Crippen LogP contribution < -0.4 is 0 Å². The number of hydrogen-bond donors (Lipinski definition) is 1. The van der Waals surface area contributed by atoms with Crippen molar-refractivity contribution in [3.05, 3.63) is 35.1 Å². The van der Waals surface area contributed by atoms with E-state index in [1.165, 1.54) is 12.1 Å². The van der Waals surface area contributed by atoms with Crippen LogP contribution in [0.4, 0.5) is 4.39 Å². The van der Waals surface area contributed by atoms with E-state index in [1.807, 2.05) is 6.92 Å². The summed E-state index contributed by atoms with van der Waals surface area (Å²) in [5.74, 6) is -0.236.